The van der Waals surface area contributed by atoms with Gasteiger partial charge in [0.15, 0.2) is 0 Å². The first-order valence-corrected chi connectivity index (χ1v) is 6.19. The van der Waals surface area contributed by atoms with Gasteiger partial charge in [-0.1, -0.05) is 20.8 Å². The van der Waals surface area contributed by atoms with Crippen LogP contribution in [0, 0.1) is 6.92 Å². The maximum atomic E-state index is 11.6. The van der Waals surface area contributed by atoms with E-state index in [4.69, 9.17) is 4.74 Å². The number of aryl methyl sites for hydroxylation is 1. The third kappa shape index (κ3) is 2.18. The molecule has 0 amide bonds. The number of carboxylic acid groups (broad SMARTS) is 1. The largest absolute Gasteiger partial charge is 0.497 e. The molecule has 1 aromatic carbocycles. The van der Waals surface area contributed by atoms with Crippen molar-refractivity contribution in [1.29, 1.82) is 0 Å². The SMILES string of the molecule is COc1cc(C)c2c(c1)cc(C(C)(C)C)n2C(=O)O. The summed E-state index contributed by atoms with van der Waals surface area (Å²) in [4.78, 5) is 11.6. The molecule has 102 valence electrons. The molecule has 1 N–H and O–H groups in total. The van der Waals surface area contributed by atoms with E-state index in [1.165, 1.54) is 4.57 Å². The standard InChI is InChI=1S/C15H19NO3/c1-9-6-11(19-5)7-10-8-12(15(2,3)4)16(13(9)10)14(17)18/h6-8H,1-5H3,(H,17,18). The number of benzene rings is 1. The fourth-order valence-electron chi connectivity index (χ4n) is 2.39. The zero-order valence-electron chi connectivity index (χ0n) is 11.9. The van der Waals surface area contributed by atoms with Crippen molar-refractivity contribution < 1.29 is 14.6 Å². The Morgan fingerprint density at radius 3 is 2.37 bits per heavy atom. The maximum Gasteiger partial charge on any atom is 0.416 e. The van der Waals surface area contributed by atoms with Crippen molar-refractivity contribution in [2.75, 3.05) is 7.11 Å². The molecule has 2 aromatic rings. The van der Waals surface area contributed by atoms with Gasteiger partial charge < -0.3 is 9.84 Å². The summed E-state index contributed by atoms with van der Waals surface area (Å²) in [6.45, 7) is 7.92. The molecule has 0 unspecified atom stereocenters. The number of aromatic nitrogens is 1. The van der Waals surface area contributed by atoms with E-state index in [2.05, 4.69) is 0 Å². The number of nitrogens with zero attached hydrogens (tertiary/aromatic N) is 1. The smallest absolute Gasteiger partial charge is 0.416 e. The fourth-order valence-corrected chi connectivity index (χ4v) is 2.39. The first kappa shape index (κ1) is 13.5. The van der Waals surface area contributed by atoms with Gasteiger partial charge in [-0.3, -0.25) is 0 Å². The topological polar surface area (TPSA) is 51.5 Å². The molecule has 4 heteroatoms. The van der Waals surface area contributed by atoms with Crippen LogP contribution in [-0.2, 0) is 5.41 Å². The summed E-state index contributed by atoms with van der Waals surface area (Å²) in [6, 6.07) is 5.66. The number of ether oxygens (including phenoxy) is 1. The number of fused-ring (bicyclic) bond motifs is 1. The van der Waals surface area contributed by atoms with E-state index in [1.54, 1.807) is 7.11 Å². The average molecular weight is 261 g/mol. The van der Waals surface area contributed by atoms with Gasteiger partial charge in [-0.2, -0.15) is 0 Å². The van der Waals surface area contributed by atoms with Crippen LogP contribution >= 0.6 is 0 Å². The lowest BCUT2D eigenvalue weighted by Crippen LogP contribution is -2.21. The molecule has 0 saturated heterocycles. The molecule has 0 aliphatic heterocycles. The fraction of sp³-hybridized carbons (Fsp3) is 0.400. The van der Waals surface area contributed by atoms with Crippen molar-refractivity contribution in [3.05, 3.63) is 29.5 Å². The Hall–Kier alpha value is -1.97. The van der Waals surface area contributed by atoms with E-state index in [0.29, 0.717) is 0 Å². The summed E-state index contributed by atoms with van der Waals surface area (Å²) >= 11 is 0. The van der Waals surface area contributed by atoms with Crippen molar-refractivity contribution in [3.63, 3.8) is 0 Å². The normalized spacial score (nSPS) is 11.8. The summed E-state index contributed by atoms with van der Waals surface area (Å²) < 4.78 is 6.62. The second-order valence-corrected chi connectivity index (χ2v) is 5.78. The highest BCUT2D eigenvalue weighted by Gasteiger charge is 2.25. The lowest BCUT2D eigenvalue weighted by molar-refractivity contribution is 0.195. The van der Waals surface area contributed by atoms with Crippen LogP contribution in [0.25, 0.3) is 10.9 Å². The second kappa shape index (κ2) is 4.30. The molecule has 0 saturated carbocycles. The molecule has 19 heavy (non-hydrogen) atoms. The molecule has 1 heterocycles. The number of hydrogen-bond acceptors (Lipinski definition) is 2. The molecule has 4 nitrogen and oxygen atoms in total. The zero-order valence-corrected chi connectivity index (χ0v) is 11.9. The highest BCUT2D eigenvalue weighted by Crippen LogP contribution is 2.33. The van der Waals surface area contributed by atoms with Crippen molar-refractivity contribution in [2.24, 2.45) is 0 Å². The summed E-state index contributed by atoms with van der Waals surface area (Å²) in [5.74, 6) is 0.744. The quantitative estimate of drug-likeness (QED) is 0.849. The second-order valence-electron chi connectivity index (χ2n) is 5.78. The lowest BCUT2D eigenvalue weighted by atomic mass is 9.92. The third-order valence-electron chi connectivity index (χ3n) is 3.26. The van der Waals surface area contributed by atoms with E-state index in [9.17, 15) is 9.90 Å². The van der Waals surface area contributed by atoms with Crippen molar-refractivity contribution in [2.45, 2.75) is 33.1 Å². The Kier molecular flexibility index (Phi) is 3.04. The Labute approximate surface area is 112 Å². The number of carbonyl (C=O) groups is 1. The molecular formula is C15H19NO3. The Morgan fingerprint density at radius 1 is 1.26 bits per heavy atom. The lowest BCUT2D eigenvalue weighted by Gasteiger charge is -2.19. The number of methoxy groups -OCH3 is 1. The summed E-state index contributed by atoms with van der Waals surface area (Å²) in [6.07, 6.45) is -0.951. The predicted octanol–water partition coefficient (Wildman–Crippen LogP) is 3.78. The Bertz CT molecular complexity index is 647. The Morgan fingerprint density at radius 2 is 1.89 bits per heavy atom. The molecule has 2 rings (SSSR count). The molecule has 0 aliphatic carbocycles. The third-order valence-corrected chi connectivity index (χ3v) is 3.26. The van der Waals surface area contributed by atoms with Crippen molar-refractivity contribution >= 4 is 17.0 Å². The van der Waals surface area contributed by atoms with Crippen LogP contribution in [0.4, 0.5) is 4.79 Å². The average Bonchev–Trinajstić information content (AvgIpc) is 2.68. The minimum absolute atomic E-state index is 0.239. The summed E-state index contributed by atoms with van der Waals surface area (Å²) in [5.41, 5.74) is 2.17. The number of hydrogen-bond donors (Lipinski definition) is 1. The maximum absolute atomic E-state index is 11.6. The van der Waals surface area contributed by atoms with Gasteiger partial charge in [-0.15, -0.1) is 0 Å². The van der Waals surface area contributed by atoms with E-state index in [0.717, 1.165) is 27.9 Å². The van der Waals surface area contributed by atoms with E-state index < -0.39 is 6.09 Å². The first-order chi connectivity index (χ1) is 8.75. The summed E-state index contributed by atoms with van der Waals surface area (Å²) in [7, 11) is 1.61. The van der Waals surface area contributed by atoms with E-state index in [-0.39, 0.29) is 5.41 Å². The van der Waals surface area contributed by atoms with Crippen LogP contribution in [0.5, 0.6) is 5.75 Å². The van der Waals surface area contributed by atoms with Gasteiger partial charge in [0.1, 0.15) is 5.75 Å². The van der Waals surface area contributed by atoms with Gasteiger partial charge in [0.05, 0.1) is 12.6 Å². The van der Waals surface area contributed by atoms with Gasteiger partial charge in [-0.05, 0) is 30.7 Å². The van der Waals surface area contributed by atoms with Gasteiger partial charge in [-0.25, -0.2) is 9.36 Å². The van der Waals surface area contributed by atoms with Gasteiger partial charge in [0, 0.05) is 16.5 Å². The molecule has 0 radical (unpaired) electrons. The molecule has 0 spiro atoms. The van der Waals surface area contributed by atoms with Crippen LogP contribution in [0.2, 0.25) is 0 Å². The molecule has 0 fully saturated rings. The van der Waals surface area contributed by atoms with Crippen LogP contribution in [0.1, 0.15) is 32.0 Å². The first-order valence-electron chi connectivity index (χ1n) is 6.19. The minimum Gasteiger partial charge on any atom is -0.497 e. The van der Waals surface area contributed by atoms with Crippen molar-refractivity contribution in [3.8, 4) is 5.75 Å². The molecule has 0 bridgehead atoms. The predicted molar refractivity (Wildman–Crippen MR) is 75.3 cm³/mol. The molecule has 1 aromatic heterocycles. The monoisotopic (exact) mass is 261 g/mol. The van der Waals surface area contributed by atoms with Gasteiger partial charge >= 0.3 is 6.09 Å². The highest BCUT2D eigenvalue weighted by atomic mass is 16.5. The minimum atomic E-state index is -0.951. The molecule has 0 atom stereocenters. The number of rotatable bonds is 1. The van der Waals surface area contributed by atoms with Crippen LogP contribution < -0.4 is 4.74 Å². The van der Waals surface area contributed by atoms with Gasteiger partial charge in [0.25, 0.3) is 0 Å². The highest BCUT2D eigenvalue weighted by molar-refractivity contribution is 5.93. The van der Waals surface area contributed by atoms with E-state index >= 15 is 0 Å². The van der Waals surface area contributed by atoms with E-state index in [1.807, 2.05) is 45.9 Å². The van der Waals surface area contributed by atoms with Gasteiger partial charge in [0.2, 0.25) is 0 Å². The van der Waals surface area contributed by atoms with Crippen LogP contribution in [0.15, 0.2) is 18.2 Å². The van der Waals surface area contributed by atoms with Crippen LogP contribution in [-0.4, -0.2) is 22.9 Å². The molecular weight excluding hydrogens is 242 g/mol. The Balaban J connectivity index is 2.89. The zero-order chi connectivity index (χ0) is 14.4. The van der Waals surface area contributed by atoms with Crippen molar-refractivity contribution in [1.82, 2.24) is 4.57 Å². The molecule has 0 aliphatic rings. The summed E-state index contributed by atoms with van der Waals surface area (Å²) in [5, 5.41) is 10.4. The van der Waals surface area contributed by atoms with Crippen LogP contribution in [0.3, 0.4) is 0 Å².